The quantitative estimate of drug-likeness (QED) is 0.807. The fraction of sp³-hybridized carbons (Fsp3) is 0.476. The Balaban J connectivity index is 1.67. The van der Waals surface area contributed by atoms with E-state index in [1.54, 1.807) is 4.90 Å². The summed E-state index contributed by atoms with van der Waals surface area (Å²) in [5.41, 5.74) is 2.35. The van der Waals surface area contributed by atoms with E-state index < -0.39 is 11.5 Å². The van der Waals surface area contributed by atoms with E-state index in [-0.39, 0.29) is 18.4 Å². The fourth-order valence-corrected chi connectivity index (χ4v) is 4.44. The van der Waals surface area contributed by atoms with Crippen molar-refractivity contribution in [1.29, 1.82) is 0 Å². The number of aliphatic hydroxyl groups excluding tert-OH is 1. The number of nitrogens with one attached hydrogen (secondary N) is 1. The zero-order valence-electron chi connectivity index (χ0n) is 15.8. The lowest BCUT2D eigenvalue weighted by Crippen LogP contribution is -2.62. The molecule has 1 aromatic carbocycles. The van der Waals surface area contributed by atoms with E-state index >= 15 is 0 Å². The zero-order valence-corrected chi connectivity index (χ0v) is 15.8. The average molecular weight is 367 g/mol. The Hall–Kier alpha value is -2.47. The molecule has 3 heterocycles. The lowest BCUT2D eigenvalue weighted by molar-refractivity contribution is -0.147. The monoisotopic (exact) mass is 367 g/mol. The Morgan fingerprint density at radius 1 is 1.37 bits per heavy atom. The summed E-state index contributed by atoms with van der Waals surface area (Å²) in [7, 11) is 0. The number of amides is 2. The highest BCUT2D eigenvalue weighted by atomic mass is 16.3. The van der Waals surface area contributed by atoms with Gasteiger partial charge in [-0.1, -0.05) is 18.2 Å². The van der Waals surface area contributed by atoms with Gasteiger partial charge in [0.1, 0.15) is 0 Å². The van der Waals surface area contributed by atoms with Crippen LogP contribution in [0.25, 0.3) is 10.9 Å². The molecule has 142 valence electrons. The van der Waals surface area contributed by atoms with Gasteiger partial charge >= 0.3 is 0 Å². The summed E-state index contributed by atoms with van der Waals surface area (Å²) in [4.78, 5) is 32.2. The summed E-state index contributed by atoms with van der Waals surface area (Å²) in [5.74, 6) is -0.254. The number of benzene rings is 1. The summed E-state index contributed by atoms with van der Waals surface area (Å²) in [5, 5.41) is 14.3. The van der Waals surface area contributed by atoms with Crippen molar-refractivity contribution in [2.24, 2.45) is 5.41 Å². The average Bonchev–Trinajstić information content (AvgIpc) is 2.66. The molecule has 2 saturated heterocycles. The molecule has 2 fully saturated rings. The summed E-state index contributed by atoms with van der Waals surface area (Å²) in [6, 6.07) is 7.82. The van der Waals surface area contributed by atoms with Crippen LogP contribution in [0, 0.1) is 19.3 Å². The number of para-hydroxylation sites is 1. The van der Waals surface area contributed by atoms with Crippen LogP contribution in [-0.4, -0.2) is 52.5 Å². The summed E-state index contributed by atoms with van der Waals surface area (Å²) in [6.07, 6.45) is 1.14. The molecular formula is C21H25N3O3. The van der Waals surface area contributed by atoms with Gasteiger partial charge in [-0.25, -0.2) is 0 Å². The summed E-state index contributed by atoms with van der Waals surface area (Å²) in [6.45, 7) is 5.19. The number of hydrogen-bond donors (Lipinski definition) is 2. The predicted octanol–water partition coefficient (Wildman–Crippen LogP) is 1.95. The molecule has 6 nitrogen and oxygen atoms in total. The molecule has 2 aromatic rings. The first-order valence-electron chi connectivity index (χ1n) is 9.55. The van der Waals surface area contributed by atoms with E-state index in [0.29, 0.717) is 37.2 Å². The first-order chi connectivity index (χ1) is 12.9. The number of hydrogen-bond acceptors (Lipinski definition) is 4. The number of likely N-dealkylation sites (tertiary alicyclic amines) is 1. The number of piperidine rings is 2. The molecule has 2 atom stereocenters. The number of fused-ring (bicyclic) bond motifs is 1. The second-order valence-corrected chi connectivity index (χ2v) is 7.81. The van der Waals surface area contributed by atoms with Gasteiger partial charge in [-0.05, 0) is 44.7 Å². The molecule has 0 aliphatic carbocycles. The number of carbonyl (C=O) groups excluding carboxylic acids is 2. The fourth-order valence-electron chi connectivity index (χ4n) is 4.44. The second kappa shape index (κ2) is 6.60. The molecule has 2 amide bonds. The molecule has 27 heavy (non-hydrogen) atoms. The van der Waals surface area contributed by atoms with Crippen molar-refractivity contribution in [2.45, 2.75) is 39.2 Å². The van der Waals surface area contributed by atoms with Gasteiger partial charge < -0.3 is 15.3 Å². The van der Waals surface area contributed by atoms with Gasteiger partial charge in [0.05, 0.1) is 28.3 Å². The number of pyridine rings is 1. The van der Waals surface area contributed by atoms with Crippen molar-refractivity contribution in [3.63, 3.8) is 0 Å². The van der Waals surface area contributed by atoms with Crippen LogP contribution in [0.4, 0.5) is 0 Å². The molecule has 1 aromatic heterocycles. The molecule has 0 unspecified atom stereocenters. The minimum Gasteiger partial charge on any atom is -0.392 e. The topological polar surface area (TPSA) is 82.5 Å². The van der Waals surface area contributed by atoms with Crippen molar-refractivity contribution in [1.82, 2.24) is 15.2 Å². The highest BCUT2D eigenvalue weighted by Crippen LogP contribution is 2.38. The van der Waals surface area contributed by atoms with Gasteiger partial charge in [0, 0.05) is 25.0 Å². The minimum atomic E-state index is -0.888. The number of rotatable bonds is 1. The second-order valence-electron chi connectivity index (χ2n) is 7.81. The minimum absolute atomic E-state index is 0.118. The molecular weight excluding hydrogens is 342 g/mol. The molecule has 0 saturated carbocycles. The van der Waals surface area contributed by atoms with Gasteiger partial charge in [0.15, 0.2) is 0 Å². The lowest BCUT2D eigenvalue weighted by Gasteiger charge is -2.46. The number of aromatic nitrogens is 1. The van der Waals surface area contributed by atoms with Crippen molar-refractivity contribution >= 4 is 22.7 Å². The Kier molecular flexibility index (Phi) is 4.38. The van der Waals surface area contributed by atoms with E-state index in [4.69, 9.17) is 0 Å². The van der Waals surface area contributed by atoms with Gasteiger partial charge in [-0.3, -0.25) is 14.6 Å². The van der Waals surface area contributed by atoms with Crippen LogP contribution in [0.5, 0.6) is 0 Å². The number of carbonyl (C=O) groups is 2. The third kappa shape index (κ3) is 2.88. The molecule has 2 N–H and O–H groups in total. The Bertz CT molecular complexity index is 926. The van der Waals surface area contributed by atoms with Crippen LogP contribution in [0.2, 0.25) is 0 Å². The van der Waals surface area contributed by atoms with Crippen molar-refractivity contribution in [3.8, 4) is 0 Å². The van der Waals surface area contributed by atoms with Crippen molar-refractivity contribution in [3.05, 3.63) is 41.1 Å². The van der Waals surface area contributed by atoms with Gasteiger partial charge in [-0.15, -0.1) is 0 Å². The SMILES string of the molecule is Cc1nc2c(C)cccc2cc1C(=O)N1CC[C@@H](O)[C@@]2(CCCNC2=O)C1. The van der Waals surface area contributed by atoms with E-state index in [9.17, 15) is 14.7 Å². The molecule has 2 aliphatic rings. The first kappa shape index (κ1) is 17.9. The normalized spacial score (nSPS) is 25.7. The van der Waals surface area contributed by atoms with Crippen LogP contribution in [0.3, 0.4) is 0 Å². The van der Waals surface area contributed by atoms with Crippen LogP contribution >= 0.6 is 0 Å². The molecule has 2 aliphatic heterocycles. The Morgan fingerprint density at radius 3 is 2.96 bits per heavy atom. The van der Waals surface area contributed by atoms with Crippen LogP contribution in [-0.2, 0) is 4.79 Å². The van der Waals surface area contributed by atoms with Crippen molar-refractivity contribution in [2.75, 3.05) is 19.6 Å². The highest BCUT2D eigenvalue weighted by Gasteiger charge is 2.50. The predicted molar refractivity (Wildman–Crippen MR) is 102 cm³/mol. The number of nitrogens with zero attached hydrogens (tertiary/aromatic N) is 2. The zero-order chi connectivity index (χ0) is 19.2. The van der Waals surface area contributed by atoms with Crippen LogP contribution < -0.4 is 5.32 Å². The van der Waals surface area contributed by atoms with Gasteiger partial charge in [0.2, 0.25) is 5.91 Å². The number of aryl methyl sites for hydroxylation is 2. The van der Waals surface area contributed by atoms with Crippen molar-refractivity contribution < 1.29 is 14.7 Å². The maximum Gasteiger partial charge on any atom is 0.255 e. The van der Waals surface area contributed by atoms with Crippen LogP contribution in [0.15, 0.2) is 24.3 Å². The third-order valence-corrected chi connectivity index (χ3v) is 6.08. The Morgan fingerprint density at radius 2 is 2.19 bits per heavy atom. The maximum absolute atomic E-state index is 13.3. The van der Waals surface area contributed by atoms with E-state index in [2.05, 4.69) is 10.3 Å². The summed E-state index contributed by atoms with van der Waals surface area (Å²) >= 11 is 0. The van der Waals surface area contributed by atoms with Crippen LogP contribution in [0.1, 0.15) is 40.9 Å². The largest absolute Gasteiger partial charge is 0.392 e. The molecule has 0 radical (unpaired) electrons. The maximum atomic E-state index is 13.3. The van der Waals surface area contributed by atoms with E-state index in [1.807, 2.05) is 38.1 Å². The highest BCUT2D eigenvalue weighted by molar-refractivity contribution is 5.99. The molecule has 4 rings (SSSR count). The van der Waals surface area contributed by atoms with Gasteiger partial charge in [-0.2, -0.15) is 0 Å². The number of aliphatic hydroxyl groups is 1. The lowest BCUT2D eigenvalue weighted by atomic mass is 9.71. The van der Waals surface area contributed by atoms with E-state index in [0.717, 1.165) is 22.9 Å². The first-order valence-corrected chi connectivity index (χ1v) is 9.55. The Labute approximate surface area is 158 Å². The summed E-state index contributed by atoms with van der Waals surface area (Å²) < 4.78 is 0. The van der Waals surface area contributed by atoms with E-state index in [1.165, 1.54) is 0 Å². The smallest absolute Gasteiger partial charge is 0.255 e. The van der Waals surface area contributed by atoms with Gasteiger partial charge in [0.25, 0.3) is 5.91 Å². The standard InChI is InChI=1S/C21H25N3O3/c1-13-5-3-6-15-11-16(14(2)23-18(13)15)19(26)24-10-7-17(25)21(12-24)8-4-9-22-20(21)27/h3,5-6,11,17,25H,4,7-10,12H2,1-2H3,(H,22,27)/t17-,21-/m1/s1. The molecule has 6 heteroatoms. The third-order valence-electron chi connectivity index (χ3n) is 6.08. The molecule has 1 spiro atoms. The molecule has 0 bridgehead atoms.